The fourth-order valence-electron chi connectivity index (χ4n) is 2.44. The van der Waals surface area contributed by atoms with Crippen LogP contribution in [0.5, 0.6) is 5.75 Å². The van der Waals surface area contributed by atoms with Gasteiger partial charge in [0, 0.05) is 11.1 Å². The normalized spacial score (nSPS) is 10.7. The molecule has 2 N–H and O–H groups in total. The van der Waals surface area contributed by atoms with E-state index in [2.05, 4.69) is 15.5 Å². The van der Waals surface area contributed by atoms with Crippen LogP contribution in [0.3, 0.4) is 0 Å². The number of rotatable bonds is 4. The molecule has 1 heterocycles. The molecule has 0 radical (unpaired) electrons. The first-order chi connectivity index (χ1) is 11.1. The second kappa shape index (κ2) is 6.30. The average molecular weight is 330 g/mol. The van der Waals surface area contributed by atoms with Crippen LogP contribution >= 0.6 is 11.6 Å². The number of aromatic nitrogens is 2. The van der Waals surface area contributed by atoms with E-state index in [-0.39, 0.29) is 12.3 Å². The third-order valence-corrected chi connectivity index (χ3v) is 3.98. The van der Waals surface area contributed by atoms with E-state index >= 15 is 0 Å². The highest BCUT2D eigenvalue weighted by molar-refractivity contribution is 6.32. The monoisotopic (exact) mass is 329 g/mol. The third kappa shape index (κ3) is 3.29. The molecule has 0 aliphatic carbocycles. The van der Waals surface area contributed by atoms with Crippen molar-refractivity contribution in [3.63, 3.8) is 0 Å². The molecule has 3 aromatic rings. The van der Waals surface area contributed by atoms with E-state index < -0.39 is 0 Å². The highest BCUT2D eigenvalue weighted by Gasteiger charge is 2.11. The lowest BCUT2D eigenvalue weighted by Gasteiger charge is -2.11. The number of nitrogens with zero attached hydrogens (tertiary/aromatic N) is 1. The van der Waals surface area contributed by atoms with Gasteiger partial charge in [-0.25, -0.2) is 0 Å². The highest BCUT2D eigenvalue weighted by atomic mass is 35.5. The number of hydrogen-bond donors (Lipinski definition) is 2. The van der Waals surface area contributed by atoms with Crippen LogP contribution in [-0.4, -0.2) is 23.2 Å². The summed E-state index contributed by atoms with van der Waals surface area (Å²) < 4.78 is 5.17. The second-order valence-corrected chi connectivity index (χ2v) is 5.72. The number of amides is 1. The zero-order valence-electron chi connectivity index (χ0n) is 12.8. The Morgan fingerprint density at radius 3 is 2.96 bits per heavy atom. The summed E-state index contributed by atoms with van der Waals surface area (Å²) in [7, 11) is 1.57. The van der Waals surface area contributed by atoms with Gasteiger partial charge in [-0.3, -0.25) is 9.89 Å². The van der Waals surface area contributed by atoms with Crippen LogP contribution in [0.1, 0.15) is 11.1 Å². The Hall–Kier alpha value is -2.53. The molecule has 2 aromatic carbocycles. The summed E-state index contributed by atoms with van der Waals surface area (Å²) >= 11 is 6.13. The van der Waals surface area contributed by atoms with Crippen LogP contribution in [0, 0.1) is 6.92 Å². The Bertz CT molecular complexity index is 873. The number of anilines is 1. The molecule has 1 amide bonds. The first-order valence-electron chi connectivity index (χ1n) is 7.13. The van der Waals surface area contributed by atoms with Gasteiger partial charge in [0.15, 0.2) is 0 Å². The maximum absolute atomic E-state index is 12.3. The Morgan fingerprint density at radius 2 is 2.17 bits per heavy atom. The van der Waals surface area contributed by atoms with E-state index in [0.29, 0.717) is 10.8 Å². The first kappa shape index (κ1) is 15.4. The summed E-state index contributed by atoms with van der Waals surface area (Å²) in [5.74, 6) is 0.506. The van der Waals surface area contributed by atoms with E-state index in [1.165, 1.54) is 0 Å². The lowest BCUT2D eigenvalue weighted by molar-refractivity contribution is -0.115. The number of carbonyl (C=O) groups excluding carboxylic acids is 1. The minimum Gasteiger partial charge on any atom is -0.495 e. The predicted octanol–water partition coefficient (Wildman–Crippen LogP) is 3.71. The van der Waals surface area contributed by atoms with Gasteiger partial charge >= 0.3 is 0 Å². The predicted molar refractivity (Wildman–Crippen MR) is 91.2 cm³/mol. The van der Waals surface area contributed by atoms with E-state index in [0.717, 1.165) is 27.7 Å². The molecule has 0 unspecified atom stereocenters. The van der Waals surface area contributed by atoms with Gasteiger partial charge in [0.25, 0.3) is 0 Å². The fourth-order valence-corrected chi connectivity index (χ4v) is 2.70. The molecule has 23 heavy (non-hydrogen) atoms. The maximum Gasteiger partial charge on any atom is 0.228 e. The molecule has 0 fully saturated rings. The lowest BCUT2D eigenvalue weighted by Crippen LogP contribution is -2.15. The molecule has 3 rings (SSSR count). The van der Waals surface area contributed by atoms with Crippen molar-refractivity contribution in [2.24, 2.45) is 0 Å². The number of ether oxygens (including phenoxy) is 1. The van der Waals surface area contributed by atoms with Gasteiger partial charge < -0.3 is 10.1 Å². The van der Waals surface area contributed by atoms with Crippen molar-refractivity contribution < 1.29 is 9.53 Å². The Morgan fingerprint density at radius 1 is 1.35 bits per heavy atom. The Labute approximate surface area is 138 Å². The number of methoxy groups -OCH3 is 1. The molecule has 0 aliphatic heterocycles. The van der Waals surface area contributed by atoms with Gasteiger partial charge in [0.05, 0.1) is 30.3 Å². The van der Waals surface area contributed by atoms with Crippen molar-refractivity contribution in [1.82, 2.24) is 10.2 Å². The molecule has 6 heteroatoms. The van der Waals surface area contributed by atoms with E-state index in [1.54, 1.807) is 19.4 Å². The molecule has 5 nitrogen and oxygen atoms in total. The fraction of sp³-hybridized carbons (Fsp3) is 0.176. The molecular formula is C17H16ClN3O2. The molecular weight excluding hydrogens is 314 g/mol. The molecule has 0 saturated heterocycles. The van der Waals surface area contributed by atoms with Gasteiger partial charge in [0.2, 0.25) is 5.91 Å². The minimum atomic E-state index is -0.104. The molecule has 0 atom stereocenters. The van der Waals surface area contributed by atoms with Crippen LogP contribution in [0.2, 0.25) is 5.02 Å². The van der Waals surface area contributed by atoms with E-state index in [9.17, 15) is 4.79 Å². The van der Waals surface area contributed by atoms with Gasteiger partial charge in [0.1, 0.15) is 5.75 Å². The van der Waals surface area contributed by atoms with Crippen LogP contribution in [0.25, 0.3) is 10.9 Å². The molecule has 0 spiro atoms. The van der Waals surface area contributed by atoms with Crippen LogP contribution in [0.4, 0.5) is 5.69 Å². The minimum absolute atomic E-state index is 0.104. The molecule has 0 saturated carbocycles. The number of nitrogens with one attached hydrogen (secondary N) is 2. The summed E-state index contributed by atoms with van der Waals surface area (Å²) in [4.78, 5) is 12.3. The lowest BCUT2D eigenvalue weighted by atomic mass is 10.0. The summed E-state index contributed by atoms with van der Waals surface area (Å²) in [5.41, 5.74) is 3.44. The number of aryl methyl sites for hydroxylation is 1. The highest BCUT2D eigenvalue weighted by Crippen LogP contribution is 2.28. The quantitative estimate of drug-likeness (QED) is 0.766. The van der Waals surface area contributed by atoms with Gasteiger partial charge in [-0.05, 0) is 48.4 Å². The van der Waals surface area contributed by atoms with Gasteiger partial charge in [-0.2, -0.15) is 5.10 Å². The van der Waals surface area contributed by atoms with Crippen LogP contribution < -0.4 is 10.1 Å². The second-order valence-electron chi connectivity index (χ2n) is 5.31. The number of carbonyl (C=O) groups is 1. The number of H-pyrrole nitrogens is 1. The summed E-state index contributed by atoms with van der Waals surface area (Å²) in [5, 5.41) is 11.2. The van der Waals surface area contributed by atoms with Crippen LogP contribution in [-0.2, 0) is 11.2 Å². The summed E-state index contributed by atoms with van der Waals surface area (Å²) in [6.45, 7) is 1.93. The van der Waals surface area contributed by atoms with Crippen molar-refractivity contribution in [3.05, 3.63) is 52.7 Å². The SMILES string of the molecule is COc1cc(C)c(CC(=O)Nc2ccc3cn[nH]c3c2)cc1Cl. The van der Waals surface area contributed by atoms with Crippen molar-refractivity contribution in [2.75, 3.05) is 12.4 Å². The topological polar surface area (TPSA) is 67.0 Å². The Balaban J connectivity index is 1.75. The van der Waals surface area contributed by atoms with Crippen molar-refractivity contribution in [2.45, 2.75) is 13.3 Å². The number of benzene rings is 2. The van der Waals surface area contributed by atoms with Crippen LogP contribution in [0.15, 0.2) is 36.5 Å². The van der Waals surface area contributed by atoms with E-state index in [4.69, 9.17) is 16.3 Å². The molecule has 0 aliphatic rings. The van der Waals surface area contributed by atoms with Crippen molar-refractivity contribution in [1.29, 1.82) is 0 Å². The average Bonchev–Trinajstić information content (AvgIpc) is 2.98. The zero-order chi connectivity index (χ0) is 16.4. The number of hydrogen-bond acceptors (Lipinski definition) is 3. The first-order valence-corrected chi connectivity index (χ1v) is 7.50. The Kier molecular flexibility index (Phi) is 4.21. The number of halogens is 1. The molecule has 0 bridgehead atoms. The largest absolute Gasteiger partial charge is 0.495 e. The number of aromatic amines is 1. The smallest absolute Gasteiger partial charge is 0.228 e. The van der Waals surface area contributed by atoms with Crippen molar-refractivity contribution >= 4 is 34.1 Å². The summed E-state index contributed by atoms with van der Waals surface area (Å²) in [6.07, 6.45) is 1.99. The third-order valence-electron chi connectivity index (χ3n) is 3.69. The molecule has 118 valence electrons. The standard InChI is InChI=1S/C17H16ClN3O2/c1-10-5-16(23-2)14(18)6-12(10)7-17(22)20-13-4-3-11-9-19-21-15(11)8-13/h3-6,8-9H,7H2,1-2H3,(H,19,21)(H,20,22). The summed E-state index contributed by atoms with van der Waals surface area (Å²) in [6, 6.07) is 9.22. The number of fused-ring (bicyclic) bond motifs is 1. The van der Waals surface area contributed by atoms with Gasteiger partial charge in [-0.1, -0.05) is 11.6 Å². The van der Waals surface area contributed by atoms with E-state index in [1.807, 2.05) is 31.2 Å². The molecule has 1 aromatic heterocycles. The maximum atomic E-state index is 12.3. The van der Waals surface area contributed by atoms with Crippen molar-refractivity contribution in [3.8, 4) is 5.75 Å². The van der Waals surface area contributed by atoms with Gasteiger partial charge in [-0.15, -0.1) is 0 Å². The zero-order valence-corrected chi connectivity index (χ0v) is 13.6.